The number of rotatable bonds is 5. The van der Waals surface area contributed by atoms with Crippen molar-refractivity contribution in [3.05, 3.63) is 47.5 Å². The molecule has 0 bridgehead atoms. The molecular formula is C25H31FN4O4. The summed E-state index contributed by atoms with van der Waals surface area (Å²) < 4.78 is 20.5. The Morgan fingerprint density at radius 1 is 1.18 bits per heavy atom. The summed E-state index contributed by atoms with van der Waals surface area (Å²) in [7, 11) is 0. The molecule has 2 amide bonds. The molecule has 9 heteroatoms. The minimum atomic E-state index is -1.38. The summed E-state index contributed by atoms with van der Waals surface area (Å²) in [6, 6.07) is 6.99. The number of anilines is 1. The lowest BCUT2D eigenvalue weighted by Crippen LogP contribution is -2.65. The highest BCUT2D eigenvalue weighted by Gasteiger charge is 2.49. The number of carbonyl (C=O) groups excluding carboxylic acids is 3. The predicted octanol–water partition coefficient (Wildman–Crippen LogP) is 3.85. The number of hydrogen-bond acceptors (Lipinski definition) is 5. The van der Waals surface area contributed by atoms with Gasteiger partial charge in [-0.05, 0) is 44.9 Å². The number of esters is 1. The lowest BCUT2D eigenvalue weighted by atomic mass is 9.91. The van der Waals surface area contributed by atoms with E-state index in [1.807, 2.05) is 0 Å². The van der Waals surface area contributed by atoms with E-state index in [0.717, 1.165) is 38.5 Å². The van der Waals surface area contributed by atoms with Gasteiger partial charge in [-0.25, -0.2) is 9.18 Å². The van der Waals surface area contributed by atoms with E-state index < -0.39 is 23.2 Å². The van der Waals surface area contributed by atoms with Crippen molar-refractivity contribution in [2.45, 2.75) is 76.9 Å². The van der Waals surface area contributed by atoms with Gasteiger partial charge in [0.1, 0.15) is 17.1 Å². The summed E-state index contributed by atoms with van der Waals surface area (Å²) in [6.07, 6.45) is 7.35. The number of ether oxygens (including phenoxy) is 1. The van der Waals surface area contributed by atoms with Gasteiger partial charge in [0.25, 0.3) is 5.91 Å². The molecule has 1 aromatic heterocycles. The molecule has 0 spiro atoms. The Bertz CT molecular complexity index is 1080. The van der Waals surface area contributed by atoms with Crippen molar-refractivity contribution in [3.8, 4) is 0 Å². The van der Waals surface area contributed by atoms with Gasteiger partial charge in [-0.2, -0.15) is 5.10 Å². The van der Waals surface area contributed by atoms with Gasteiger partial charge >= 0.3 is 5.97 Å². The zero-order valence-electron chi connectivity index (χ0n) is 19.7. The third-order valence-electron chi connectivity index (χ3n) is 6.63. The van der Waals surface area contributed by atoms with E-state index in [9.17, 15) is 18.8 Å². The first-order valence-corrected chi connectivity index (χ1v) is 12.0. The van der Waals surface area contributed by atoms with E-state index in [0.29, 0.717) is 0 Å². The van der Waals surface area contributed by atoms with Gasteiger partial charge in [-0.1, -0.05) is 38.2 Å². The van der Waals surface area contributed by atoms with E-state index >= 15 is 0 Å². The van der Waals surface area contributed by atoms with E-state index in [1.54, 1.807) is 19.9 Å². The third-order valence-corrected chi connectivity index (χ3v) is 6.63. The molecule has 1 aliphatic heterocycles. The van der Waals surface area contributed by atoms with Crippen molar-refractivity contribution in [1.29, 1.82) is 0 Å². The van der Waals surface area contributed by atoms with Gasteiger partial charge in [0, 0.05) is 17.8 Å². The summed E-state index contributed by atoms with van der Waals surface area (Å²) in [6.45, 7) is 3.53. The van der Waals surface area contributed by atoms with Crippen molar-refractivity contribution in [3.63, 3.8) is 0 Å². The number of fused-ring (bicyclic) bond motifs is 1. The van der Waals surface area contributed by atoms with Crippen LogP contribution >= 0.6 is 0 Å². The Hall–Kier alpha value is -3.23. The van der Waals surface area contributed by atoms with Crippen molar-refractivity contribution in [2.75, 3.05) is 11.5 Å². The lowest BCUT2D eigenvalue weighted by Gasteiger charge is -2.43. The first-order valence-electron chi connectivity index (χ1n) is 12.0. The molecule has 1 saturated carbocycles. The van der Waals surface area contributed by atoms with Gasteiger partial charge in [0.15, 0.2) is 5.69 Å². The lowest BCUT2D eigenvalue weighted by molar-refractivity contribution is -0.127. The molecule has 182 valence electrons. The average molecular weight is 471 g/mol. The van der Waals surface area contributed by atoms with Crippen molar-refractivity contribution >= 4 is 23.5 Å². The molecule has 34 heavy (non-hydrogen) atoms. The number of halogens is 1. The first-order chi connectivity index (χ1) is 16.3. The molecule has 4 rings (SSSR count). The van der Waals surface area contributed by atoms with Crippen LogP contribution in [-0.2, 0) is 16.1 Å². The molecule has 0 radical (unpaired) electrons. The molecule has 1 unspecified atom stereocenters. The molecule has 1 fully saturated rings. The quantitative estimate of drug-likeness (QED) is 0.670. The standard InChI is InChI=1S/C25H31FN4O4/c1-3-34-23(32)20-15-21-22(31)30(19-13-9-10-17(26)14-19)25(2,16-29(21)28-20)24(33)27-18-11-7-5-4-6-8-12-18/h9-10,13-15,18H,3-8,11-12,16H2,1-2H3,(H,27,33). The van der Waals surface area contributed by atoms with Gasteiger partial charge in [0.2, 0.25) is 5.91 Å². The normalized spacial score (nSPS) is 21.4. The van der Waals surface area contributed by atoms with E-state index in [2.05, 4.69) is 10.4 Å². The largest absolute Gasteiger partial charge is 0.461 e. The second-order valence-corrected chi connectivity index (χ2v) is 9.20. The van der Waals surface area contributed by atoms with E-state index in [-0.39, 0.29) is 42.2 Å². The molecule has 2 aromatic rings. The van der Waals surface area contributed by atoms with Crippen molar-refractivity contribution in [2.24, 2.45) is 0 Å². The Morgan fingerprint density at radius 2 is 1.88 bits per heavy atom. The van der Waals surface area contributed by atoms with Crippen LogP contribution < -0.4 is 10.2 Å². The number of carbonyl (C=O) groups is 3. The second kappa shape index (κ2) is 9.95. The molecular weight excluding hydrogens is 439 g/mol. The fourth-order valence-corrected chi connectivity index (χ4v) is 4.85. The summed E-state index contributed by atoms with van der Waals surface area (Å²) in [5.41, 5.74) is -0.971. The van der Waals surface area contributed by atoms with Gasteiger partial charge in [-0.3, -0.25) is 19.2 Å². The minimum Gasteiger partial charge on any atom is -0.461 e. The van der Waals surface area contributed by atoms with Gasteiger partial charge in [0.05, 0.1) is 13.2 Å². The summed E-state index contributed by atoms with van der Waals surface area (Å²) in [5, 5.41) is 7.41. The topological polar surface area (TPSA) is 93.5 Å². The Morgan fingerprint density at radius 3 is 2.56 bits per heavy atom. The van der Waals surface area contributed by atoms with Crippen molar-refractivity contribution < 1.29 is 23.5 Å². The van der Waals surface area contributed by atoms with Crippen LogP contribution in [0.15, 0.2) is 30.3 Å². The molecule has 8 nitrogen and oxygen atoms in total. The number of nitrogens with zero attached hydrogens (tertiary/aromatic N) is 3. The van der Waals surface area contributed by atoms with Gasteiger partial charge < -0.3 is 10.1 Å². The molecule has 1 N–H and O–H groups in total. The smallest absolute Gasteiger partial charge is 0.358 e. The Kier molecular flexibility index (Phi) is 7.00. The summed E-state index contributed by atoms with van der Waals surface area (Å²) in [4.78, 5) is 40.9. The van der Waals surface area contributed by atoms with Crippen LogP contribution in [0.25, 0.3) is 0 Å². The molecule has 0 saturated heterocycles. The number of benzene rings is 1. The SMILES string of the molecule is CCOC(=O)c1cc2n(n1)CC(C)(C(=O)NC1CCCCCCC1)N(c1cccc(F)c1)C2=O. The monoisotopic (exact) mass is 470 g/mol. The number of aromatic nitrogens is 2. The maximum absolute atomic E-state index is 14.1. The average Bonchev–Trinajstić information content (AvgIpc) is 3.20. The molecule has 1 aromatic carbocycles. The molecule has 2 aliphatic rings. The van der Waals surface area contributed by atoms with Crippen LogP contribution in [0.1, 0.15) is 79.8 Å². The predicted molar refractivity (Wildman–Crippen MR) is 124 cm³/mol. The number of amides is 2. The number of nitrogens with one attached hydrogen (secondary N) is 1. The second-order valence-electron chi connectivity index (χ2n) is 9.20. The summed E-state index contributed by atoms with van der Waals surface area (Å²) in [5.74, 6) is -2.01. The highest BCUT2D eigenvalue weighted by atomic mass is 19.1. The highest BCUT2D eigenvalue weighted by Crippen LogP contribution is 2.33. The maximum Gasteiger partial charge on any atom is 0.358 e. The molecule has 1 atom stereocenters. The van der Waals surface area contributed by atoms with Crippen LogP contribution in [0, 0.1) is 5.82 Å². The van der Waals surface area contributed by atoms with Crippen LogP contribution in [0.2, 0.25) is 0 Å². The first kappa shape index (κ1) is 23.9. The van der Waals surface area contributed by atoms with E-state index in [1.165, 1.54) is 40.3 Å². The van der Waals surface area contributed by atoms with Crippen LogP contribution in [0.5, 0.6) is 0 Å². The van der Waals surface area contributed by atoms with E-state index in [4.69, 9.17) is 4.74 Å². The minimum absolute atomic E-state index is 0.00549. The highest BCUT2D eigenvalue weighted by molar-refractivity contribution is 6.12. The van der Waals surface area contributed by atoms with Crippen LogP contribution in [-0.4, -0.2) is 45.8 Å². The zero-order valence-corrected chi connectivity index (χ0v) is 19.7. The zero-order chi connectivity index (χ0) is 24.3. The summed E-state index contributed by atoms with van der Waals surface area (Å²) >= 11 is 0. The maximum atomic E-state index is 14.1. The van der Waals surface area contributed by atoms with Crippen LogP contribution in [0.4, 0.5) is 10.1 Å². The van der Waals surface area contributed by atoms with Crippen LogP contribution in [0.3, 0.4) is 0 Å². The molecule has 2 heterocycles. The fraction of sp³-hybridized carbons (Fsp3) is 0.520. The molecule has 1 aliphatic carbocycles. The van der Waals surface area contributed by atoms with Crippen molar-refractivity contribution in [1.82, 2.24) is 15.1 Å². The number of hydrogen-bond donors (Lipinski definition) is 1. The third kappa shape index (κ3) is 4.69. The Balaban J connectivity index is 1.71. The fourth-order valence-electron chi connectivity index (χ4n) is 4.85. The van der Waals surface area contributed by atoms with Gasteiger partial charge in [-0.15, -0.1) is 0 Å². The Labute approximate surface area is 198 Å².